The summed E-state index contributed by atoms with van der Waals surface area (Å²) < 4.78 is 21.5. The van der Waals surface area contributed by atoms with Gasteiger partial charge in [0.1, 0.15) is 24.5 Å². The average molecular weight is 407 g/mol. The molecule has 4 rings (SSSR count). The van der Waals surface area contributed by atoms with Crippen molar-refractivity contribution in [3.8, 4) is 5.75 Å². The minimum Gasteiger partial charge on any atom is -0.488 e. The lowest BCUT2D eigenvalue weighted by molar-refractivity contribution is -0.117. The number of fused-ring (bicyclic) bond motifs is 1. The van der Waals surface area contributed by atoms with Crippen molar-refractivity contribution in [1.82, 2.24) is 14.8 Å². The van der Waals surface area contributed by atoms with Crippen LogP contribution in [-0.4, -0.2) is 20.7 Å². The number of hydrogen-bond acceptors (Lipinski definition) is 4. The predicted molar refractivity (Wildman–Crippen MR) is 98.6 cm³/mol. The fourth-order valence-corrected chi connectivity index (χ4v) is 3.38. The maximum atomic E-state index is 14.0. The largest absolute Gasteiger partial charge is 0.488 e. The van der Waals surface area contributed by atoms with Crippen LogP contribution in [0.25, 0.3) is 0 Å². The number of aromatic nitrogens is 3. The van der Waals surface area contributed by atoms with Gasteiger partial charge in [-0.1, -0.05) is 29.3 Å². The van der Waals surface area contributed by atoms with Gasteiger partial charge in [0.25, 0.3) is 0 Å². The van der Waals surface area contributed by atoms with Crippen molar-refractivity contribution in [3.05, 3.63) is 69.7 Å². The second kappa shape index (κ2) is 7.17. The van der Waals surface area contributed by atoms with Gasteiger partial charge < -0.3 is 4.74 Å². The third-order valence-corrected chi connectivity index (χ3v) is 4.85. The molecule has 0 saturated heterocycles. The molecule has 1 atom stereocenters. The van der Waals surface area contributed by atoms with E-state index in [2.05, 4.69) is 15.4 Å². The Bertz CT molecular complexity index is 1000. The van der Waals surface area contributed by atoms with E-state index < -0.39 is 11.9 Å². The number of ether oxygens (including phenoxy) is 1. The third kappa shape index (κ3) is 3.48. The summed E-state index contributed by atoms with van der Waals surface area (Å²) in [6, 6.07) is 9.04. The van der Waals surface area contributed by atoms with Crippen molar-refractivity contribution >= 4 is 35.1 Å². The topological polar surface area (TPSA) is 69.0 Å². The molecule has 0 fully saturated rings. The molecular formula is C18H13Cl2FN4O2. The van der Waals surface area contributed by atoms with Gasteiger partial charge in [0.2, 0.25) is 11.9 Å². The van der Waals surface area contributed by atoms with Crippen molar-refractivity contribution in [2.45, 2.75) is 19.1 Å². The van der Waals surface area contributed by atoms with Gasteiger partial charge in [-0.15, -0.1) is 0 Å². The molecule has 0 radical (unpaired) electrons. The summed E-state index contributed by atoms with van der Waals surface area (Å²) in [7, 11) is 0. The van der Waals surface area contributed by atoms with Crippen LogP contribution in [0.2, 0.25) is 10.0 Å². The highest BCUT2D eigenvalue weighted by Crippen LogP contribution is 2.36. The Balaban J connectivity index is 1.69. The second-order valence-electron chi connectivity index (χ2n) is 5.97. The molecule has 1 amide bonds. The SMILES string of the molecule is O=C1C[C@H](c2cc(Cl)ccc2OCc2c(F)cccc2Cl)n2ncnc2N1. The van der Waals surface area contributed by atoms with Crippen molar-refractivity contribution in [3.63, 3.8) is 0 Å². The van der Waals surface area contributed by atoms with E-state index in [0.717, 1.165) is 0 Å². The fourth-order valence-electron chi connectivity index (χ4n) is 2.98. The highest BCUT2D eigenvalue weighted by Gasteiger charge is 2.30. The van der Waals surface area contributed by atoms with E-state index in [9.17, 15) is 9.18 Å². The number of benzene rings is 2. The van der Waals surface area contributed by atoms with E-state index in [1.54, 1.807) is 28.9 Å². The summed E-state index contributed by atoms with van der Waals surface area (Å²) in [5, 5.41) is 7.59. The zero-order valence-electron chi connectivity index (χ0n) is 13.8. The molecule has 1 N–H and O–H groups in total. The molecule has 0 bridgehead atoms. The minimum atomic E-state index is -0.450. The van der Waals surface area contributed by atoms with E-state index in [0.29, 0.717) is 22.3 Å². The Hall–Kier alpha value is -2.64. The number of rotatable bonds is 4. The zero-order chi connectivity index (χ0) is 19.0. The standard InChI is InChI=1S/C18H13Cl2FN4O2/c19-10-4-5-16(27-8-12-13(20)2-1-3-14(12)21)11(6-10)15-7-17(26)24-18-22-9-23-25(15)18/h1-6,9,15H,7-8H2,(H,22,23,24,26)/t15-/m1/s1. The highest BCUT2D eigenvalue weighted by molar-refractivity contribution is 6.31. The summed E-state index contributed by atoms with van der Waals surface area (Å²) in [6.45, 7) is -0.0662. The van der Waals surface area contributed by atoms with Gasteiger partial charge in [-0.2, -0.15) is 10.1 Å². The van der Waals surface area contributed by atoms with Crippen molar-refractivity contribution in [2.75, 3.05) is 5.32 Å². The minimum absolute atomic E-state index is 0.0662. The Morgan fingerprint density at radius 1 is 1.30 bits per heavy atom. The van der Waals surface area contributed by atoms with Crippen molar-refractivity contribution in [1.29, 1.82) is 0 Å². The van der Waals surface area contributed by atoms with E-state index in [1.165, 1.54) is 18.5 Å². The van der Waals surface area contributed by atoms with Gasteiger partial charge in [-0.25, -0.2) is 9.07 Å². The number of carbonyl (C=O) groups is 1. The van der Waals surface area contributed by atoms with Crippen LogP contribution in [0.1, 0.15) is 23.6 Å². The summed E-state index contributed by atoms with van der Waals surface area (Å²) in [4.78, 5) is 16.1. The summed E-state index contributed by atoms with van der Waals surface area (Å²) in [5.41, 5.74) is 0.902. The molecule has 138 valence electrons. The van der Waals surface area contributed by atoms with Gasteiger partial charge in [0, 0.05) is 16.1 Å². The molecule has 6 nitrogen and oxygen atoms in total. The maximum Gasteiger partial charge on any atom is 0.229 e. The summed E-state index contributed by atoms with van der Waals surface area (Å²) in [5.74, 6) is 0.163. The molecule has 0 unspecified atom stereocenters. The van der Waals surface area contributed by atoms with Gasteiger partial charge in [-0.3, -0.25) is 10.1 Å². The fraction of sp³-hybridized carbons (Fsp3) is 0.167. The van der Waals surface area contributed by atoms with Crippen LogP contribution < -0.4 is 10.1 Å². The van der Waals surface area contributed by atoms with Gasteiger partial charge >= 0.3 is 0 Å². The van der Waals surface area contributed by atoms with Crippen molar-refractivity contribution < 1.29 is 13.9 Å². The summed E-state index contributed by atoms with van der Waals surface area (Å²) in [6.07, 6.45) is 1.51. The zero-order valence-corrected chi connectivity index (χ0v) is 15.3. The van der Waals surface area contributed by atoms with Crippen LogP contribution in [0.3, 0.4) is 0 Å². The van der Waals surface area contributed by atoms with Crippen LogP contribution in [0.5, 0.6) is 5.75 Å². The lowest BCUT2D eigenvalue weighted by Gasteiger charge is -2.25. The number of amides is 1. The first-order valence-electron chi connectivity index (χ1n) is 8.07. The maximum absolute atomic E-state index is 14.0. The predicted octanol–water partition coefficient (Wildman–Crippen LogP) is 4.23. The number of anilines is 1. The molecule has 1 aromatic heterocycles. The molecule has 0 saturated carbocycles. The lowest BCUT2D eigenvalue weighted by atomic mass is 10.0. The van der Waals surface area contributed by atoms with E-state index in [-0.39, 0.29) is 29.5 Å². The van der Waals surface area contributed by atoms with Gasteiger partial charge in [0.05, 0.1) is 17.5 Å². The number of carbonyl (C=O) groups excluding carboxylic acids is 1. The monoisotopic (exact) mass is 406 g/mol. The van der Waals surface area contributed by atoms with Crippen LogP contribution >= 0.6 is 23.2 Å². The quantitative estimate of drug-likeness (QED) is 0.703. The van der Waals surface area contributed by atoms with Crippen molar-refractivity contribution in [2.24, 2.45) is 0 Å². The highest BCUT2D eigenvalue weighted by atomic mass is 35.5. The normalized spacial score (nSPS) is 16.0. The first-order valence-corrected chi connectivity index (χ1v) is 8.83. The van der Waals surface area contributed by atoms with Crippen LogP contribution in [-0.2, 0) is 11.4 Å². The molecule has 3 aromatic rings. The average Bonchev–Trinajstić information content (AvgIpc) is 3.10. The molecule has 27 heavy (non-hydrogen) atoms. The first kappa shape index (κ1) is 17.8. The molecule has 9 heteroatoms. The summed E-state index contributed by atoms with van der Waals surface area (Å²) >= 11 is 12.2. The molecule has 0 aliphatic carbocycles. The van der Waals surface area contributed by atoms with Gasteiger partial charge in [-0.05, 0) is 30.3 Å². The number of hydrogen-bond donors (Lipinski definition) is 1. The number of nitrogens with one attached hydrogen (secondary N) is 1. The van der Waals surface area contributed by atoms with Gasteiger partial charge in [0.15, 0.2) is 0 Å². The Morgan fingerprint density at radius 3 is 2.96 bits per heavy atom. The third-order valence-electron chi connectivity index (χ3n) is 4.26. The second-order valence-corrected chi connectivity index (χ2v) is 6.81. The Kier molecular flexibility index (Phi) is 4.72. The smallest absolute Gasteiger partial charge is 0.229 e. The van der Waals surface area contributed by atoms with Crippen LogP contribution in [0.15, 0.2) is 42.7 Å². The Labute approximate surface area is 163 Å². The molecule has 2 heterocycles. The molecule has 0 spiro atoms. The molecular weight excluding hydrogens is 394 g/mol. The Morgan fingerprint density at radius 2 is 2.15 bits per heavy atom. The van der Waals surface area contributed by atoms with Crippen LogP contribution in [0, 0.1) is 5.82 Å². The molecule has 2 aromatic carbocycles. The van der Waals surface area contributed by atoms with Crippen LogP contribution in [0.4, 0.5) is 10.3 Å². The molecule has 1 aliphatic heterocycles. The lowest BCUT2D eigenvalue weighted by Crippen LogP contribution is -2.29. The van der Waals surface area contributed by atoms with E-state index in [1.807, 2.05) is 0 Å². The van der Waals surface area contributed by atoms with E-state index in [4.69, 9.17) is 27.9 Å². The number of halogens is 3. The molecule has 1 aliphatic rings. The van der Waals surface area contributed by atoms with E-state index >= 15 is 0 Å². The number of nitrogens with zero attached hydrogens (tertiary/aromatic N) is 3. The first-order chi connectivity index (χ1) is 13.0.